The summed E-state index contributed by atoms with van der Waals surface area (Å²) in [5, 5.41) is 22.9. The molecule has 0 rings (SSSR count). The van der Waals surface area contributed by atoms with E-state index in [1.165, 1.54) is 135 Å². The van der Waals surface area contributed by atoms with E-state index < -0.39 is 12.1 Å². The van der Waals surface area contributed by atoms with E-state index in [1.54, 1.807) is 6.08 Å². The summed E-state index contributed by atoms with van der Waals surface area (Å²) in [5.74, 6) is -0.113. The first-order valence-corrected chi connectivity index (χ1v) is 24.9. The Balaban J connectivity index is 3.52. The van der Waals surface area contributed by atoms with Gasteiger partial charge in [-0.05, 0) is 89.9 Å². The van der Waals surface area contributed by atoms with Crippen LogP contribution in [0.5, 0.6) is 0 Å². The van der Waals surface area contributed by atoms with Crippen molar-refractivity contribution in [3.05, 3.63) is 48.6 Å². The Bertz CT molecular complexity index is 988. The molecule has 0 heterocycles. The van der Waals surface area contributed by atoms with Gasteiger partial charge in [0.2, 0.25) is 5.91 Å². The molecule has 0 aromatic rings. The standard InChI is InChI=1S/C52H95NO5/c1-3-5-7-9-11-13-15-16-18-22-26-30-34-38-42-46-52(57)58-47-43-39-35-31-27-23-20-17-19-21-25-29-33-37-41-45-51(56)53-49(48-54)50(55)44-40-36-32-28-24-14-12-10-8-6-4-2/h11,13,16,18,20,23,40,44,49-50,54-55H,3-10,12,14-15,17,19,21-22,24-39,41-43,45-48H2,1-2H3,(H,53,56)/b13-11-,18-16-,23-20-,44-40+. The summed E-state index contributed by atoms with van der Waals surface area (Å²) in [4.78, 5) is 24.4. The average molecular weight is 814 g/mol. The molecular weight excluding hydrogens is 719 g/mol. The lowest BCUT2D eigenvalue weighted by Crippen LogP contribution is -2.45. The van der Waals surface area contributed by atoms with Gasteiger partial charge in [-0.2, -0.15) is 0 Å². The molecule has 0 aromatic carbocycles. The molecule has 0 saturated heterocycles. The summed E-state index contributed by atoms with van der Waals surface area (Å²) in [5.41, 5.74) is 0. The molecule has 0 fully saturated rings. The molecule has 58 heavy (non-hydrogen) atoms. The maximum absolute atomic E-state index is 12.4. The van der Waals surface area contributed by atoms with Crippen LogP contribution < -0.4 is 5.32 Å². The van der Waals surface area contributed by atoms with E-state index in [0.29, 0.717) is 19.4 Å². The molecule has 0 aliphatic heterocycles. The minimum Gasteiger partial charge on any atom is -0.466 e. The normalized spacial score (nSPS) is 13.1. The molecule has 3 N–H and O–H groups in total. The van der Waals surface area contributed by atoms with Crippen molar-refractivity contribution in [1.82, 2.24) is 5.32 Å². The molecule has 0 aromatic heterocycles. The number of carbonyl (C=O) groups excluding carboxylic acids is 2. The number of amides is 1. The number of carbonyl (C=O) groups is 2. The van der Waals surface area contributed by atoms with Crippen LogP contribution in [0.2, 0.25) is 0 Å². The van der Waals surface area contributed by atoms with Crippen LogP contribution in [0.1, 0.15) is 245 Å². The van der Waals surface area contributed by atoms with E-state index in [4.69, 9.17) is 4.74 Å². The Kier molecular flexibility index (Phi) is 45.7. The number of esters is 1. The topological polar surface area (TPSA) is 95.9 Å². The summed E-state index contributed by atoms with van der Waals surface area (Å²) in [6, 6.07) is -0.639. The molecule has 1 amide bonds. The molecule has 2 unspecified atom stereocenters. The van der Waals surface area contributed by atoms with Gasteiger partial charge in [0.15, 0.2) is 0 Å². The molecule has 0 bridgehead atoms. The van der Waals surface area contributed by atoms with E-state index >= 15 is 0 Å². The lowest BCUT2D eigenvalue weighted by molar-refractivity contribution is -0.143. The molecule has 0 spiro atoms. The van der Waals surface area contributed by atoms with Crippen molar-refractivity contribution in [3.63, 3.8) is 0 Å². The second-order valence-corrected chi connectivity index (χ2v) is 16.8. The fourth-order valence-electron chi connectivity index (χ4n) is 7.18. The van der Waals surface area contributed by atoms with E-state index in [0.717, 1.165) is 83.5 Å². The van der Waals surface area contributed by atoms with Gasteiger partial charge < -0.3 is 20.3 Å². The van der Waals surface area contributed by atoms with Gasteiger partial charge in [0.1, 0.15) is 0 Å². The van der Waals surface area contributed by atoms with E-state index in [2.05, 4.69) is 55.6 Å². The smallest absolute Gasteiger partial charge is 0.305 e. The molecular formula is C52H95NO5. The lowest BCUT2D eigenvalue weighted by Gasteiger charge is -2.20. The van der Waals surface area contributed by atoms with Crippen LogP contribution in [0.3, 0.4) is 0 Å². The minimum absolute atomic E-state index is 0.0265. The van der Waals surface area contributed by atoms with Crippen molar-refractivity contribution in [3.8, 4) is 0 Å². The molecule has 338 valence electrons. The highest BCUT2D eigenvalue weighted by Gasteiger charge is 2.18. The number of allylic oxidation sites excluding steroid dienone is 7. The molecule has 2 atom stereocenters. The van der Waals surface area contributed by atoms with Crippen molar-refractivity contribution in [2.45, 2.75) is 257 Å². The van der Waals surface area contributed by atoms with Crippen LogP contribution in [0, 0.1) is 0 Å². The Morgan fingerprint density at radius 2 is 0.862 bits per heavy atom. The third kappa shape index (κ3) is 43.4. The third-order valence-electron chi connectivity index (χ3n) is 11.1. The maximum atomic E-state index is 12.4. The highest BCUT2D eigenvalue weighted by atomic mass is 16.5. The number of ether oxygens (including phenoxy) is 1. The number of hydrogen-bond acceptors (Lipinski definition) is 5. The highest BCUT2D eigenvalue weighted by molar-refractivity contribution is 5.76. The van der Waals surface area contributed by atoms with Gasteiger partial charge in [0.05, 0.1) is 25.4 Å². The highest BCUT2D eigenvalue weighted by Crippen LogP contribution is 2.14. The number of aliphatic hydroxyl groups excluding tert-OH is 2. The second-order valence-electron chi connectivity index (χ2n) is 16.8. The SMILES string of the molecule is CCCCC/C=C\C/C=C\CCCCCCCC(=O)OCCCCCC/C=C\CCCCCCCCCC(=O)NC(CO)C(O)/C=C/CCCCCCCCCCC. The Morgan fingerprint density at radius 1 is 0.483 bits per heavy atom. The largest absolute Gasteiger partial charge is 0.466 e. The van der Waals surface area contributed by atoms with Crippen LogP contribution in [0.4, 0.5) is 0 Å². The molecule has 0 saturated carbocycles. The quantitative estimate of drug-likeness (QED) is 0.0323. The number of nitrogens with one attached hydrogen (secondary N) is 1. The summed E-state index contributed by atoms with van der Waals surface area (Å²) in [6.07, 6.45) is 58.2. The zero-order chi connectivity index (χ0) is 42.3. The first kappa shape index (κ1) is 55.8. The maximum Gasteiger partial charge on any atom is 0.305 e. The van der Waals surface area contributed by atoms with Gasteiger partial charge in [-0.3, -0.25) is 9.59 Å². The van der Waals surface area contributed by atoms with Crippen molar-refractivity contribution < 1.29 is 24.5 Å². The summed E-state index contributed by atoms with van der Waals surface area (Å²) < 4.78 is 5.44. The van der Waals surface area contributed by atoms with E-state index in [-0.39, 0.29) is 18.5 Å². The van der Waals surface area contributed by atoms with Gasteiger partial charge in [0, 0.05) is 12.8 Å². The predicted octanol–water partition coefficient (Wildman–Crippen LogP) is 14.7. The summed E-state index contributed by atoms with van der Waals surface area (Å²) in [6.45, 7) is 4.80. The molecule has 0 radical (unpaired) electrons. The Morgan fingerprint density at radius 3 is 1.36 bits per heavy atom. The van der Waals surface area contributed by atoms with Crippen LogP contribution in [-0.4, -0.2) is 47.4 Å². The average Bonchev–Trinajstić information content (AvgIpc) is 3.22. The first-order chi connectivity index (χ1) is 28.5. The number of rotatable bonds is 45. The number of unbranched alkanes of at least 4 members (excludes halogenated alkanes) is 28. The Labute approximate surface area is 359 Å². The Hall–Kier alpha value is -2.18. The van der Waals surface area contributed by atoms with Crippen molar-refractivity contribution in [2.75, 3.05) is 13.2 Å². The summed E-state index contributed by atoms with van der Waals surface area (Å²) >= 11 is 0. The molecule has 0 aliphatic carbocycles. The van der Waals surface area contributed by atoms with Gasteiger partial charge in [-0.15, -0.1) is 0 Å². The molecule has 6 heteroatoms. The monoisotopic (exact) mass is 814 g/mol. The predicted molar refractivity (Wildman–Crippen MR) is 250 cm³/mol. The minimum atomic E-state index is -0.854. The molecule has 0 aliphatic rings. The first-order valence-electron chi connectivity index (χ1n) is 24.9. The molecule has 6 nitrogen and oxygen atoms in total. The van der Waals surface area contributed by atoms with Gasteiger partial charge >= 0.3 is 5.97 Å². The van der Waals surface area contributed by atoms with Gasteiger partial charge in [-0.1, -0.05) is 191 Å². The van der Waals surface area contributed by atoms with Gasteiger partial charge in [0.25, 0.3) is 0 Å². The van der Waals surface area contributed by atoms with Crippen molar-refractivity contribution in [2.24, 2.45) is 0 Å². The van der Waals surface area contributed by atoms with E-state index in [1.807, 2.05) is 6.08 Å². The fourth-order valence-corrected chi connectivity index (χ4v) is 7.18. The zero-order valence-corrected chi connectivity index (χ0v) is 38.3. The number of hydrogen-bond donors (Lipinski definition) is 3. The van der Waals surface area contributed by atoms with Crippen molar-refractivity contribution in [1.29, 1.82) is 0 Å². The van der Waals surface area contributed by atoms with Crippen LogP contribution >= 0.6 is 0 Å². The lowest BCUT2D eigenvalue weighted by atomic mass is 10.1. The fraction of sp³-hybridized carbons (Fsp3) is 0.808. The van der Waals surface area contributed by atoms with E-state index in [9.17, 15) is 19.8 Å². The third-order valence-corrected chi connectivity index (χ3v) is 11.1. The second kappa shape index (κ2) is 47.5. The van der Waals surface area contributed by atoms with Gasteiger partial charge in [-0.25, -0.2) is 0 Å². The number of aliphatic hydroxyl groups is 2. The summed E-state index contributed by atoms with van der Waals surface area (Å²) in [7, 11) is 0. The van der Waals surface area contributed by atoms with Crippen LogP contribution in [-0.2, 0) is 14.3 Å². The van der Waals surface area contributed by atoms with Crippen molar-refractivity contribution >= 4 is 11.9 Å². The zero-order valence-electron chi connectivity index (χ0n) is 38.3. The van der Waals surface area contributed by atoms with Crippen LogP contribution in [0.15, 0.2) is 48.6 Å². The van der Waals surface area contributed by atoms with Crippen LogP contribution in [0.25, 0.3) is 0 Å².